The Balaban J connectivity index is 1.64. The van der Waals surface area contributed by atoms with Crippen LogP contribution in [-0.4, -0.2) is 15.1 Å². The number of ether oxygens (including phenoxy) is 1. The van der Waals surface area contributed by atoms with E-state index in [2.05, 4.69) is 15.1 Å². The van der Waals surface area contributed by atoms with E-state index < -0.39 is 0 Å². The van der Waals surface area contributed by atoms with Crippen LogP contribution >= 0.6 is 11.6 Å². The third-order valence-electron chi connectivity index (χ3n) is 3.53. The van der Waals surface area contributed by atoms with Gasteiger partial charge in [0.2, 0.25) is 11.7 Å². The van der Waals surface area contributed by atoms with E-state index in [1.807, 2.05) is 48.5 Å². The van der Waals surface area contributed by atoms with Gasteiger partial charge >= 0.3 is 0 Å². The highest BCUT2D eigenvalue weighted by Gasteiger charge is 2.08. The Hall–Kier alpha value is -2.92. The maximum Gasteiger partial charge on any atom is 0.223 e. The summed E-state index contributed by atoms with van der Waals surface area (Å²) in [6, 6.07) is 14.9. The number of benzene rings is 2. The Labute approximate surface area is 142 Å². The first-order valence-electron chi connectivity index (χ1n) is 7.32. The largest absolute Gasteiger partial charge is 0.457 e. The van der Waals surface area contributed by atoms with Gasteiger partial charge in [-0.25, -0.2) is 0 Å². The molecule has 118 valence electrons. The first kappa shape index (κ1) is 14.7. The lowest BCUT2D eigenvalue weighted by molar-refractivity contribution is 0.394. The van der Waals surface area contributed by atoms with Gasteiger partial charge in [-0.1, -0.05) is 16.8 Å². The van der Waals surface area contributed by atoms with Crippen LogP contribution in [0.2, 0.25) is 5.02 Å². The average molecular weight is 338 g/mol. The fraction of sp³-hybridized carbons (Fsp3) is 0.0556. The van der Waals surface area contributed by atoms with E-state index in [1.165, 1.54) is 0 Å². The molecular weight excluding hydrogens is 326 g/mol. The van der Waals surface area contributed by atoms with Gasteiger partial charge in [-0.3, -0.25) is 4.98 Å². The molecule has 0 bridgehead atoms. The molecule has 0 atom stereocenters. The van der Waals surface area contributed by atoms with Crippen LogP contribution in [0.3, 0.4) is 0 Å². The van der Waals surface area contributed by atoms with Gasteiger partial charge in [0.05, 0.1) is 5.52 Å². The molecule has 0 fully saturated rings. The van der Waals surface area contributed by atoms with Gasteiger partial charge in [-0.2, -0.15) is 4.98 Å². The second-order valence-corrected chi connectivity index (χ2v) is 5.67. The monoisotopic (exact) mass is 337 g/mol. The van der Waals surface area contributed by atoms with Crippen LogP contribution in [0, 0.1) is 6.92 Å². The highest BCUT2D eigenvalue weighted by molar-refractivity contribution is 6.31. The molecule has 2 heterocycles. The molecule has 0 aliphatic heterocycles. The highest BCUT2D eigenvalue weighted by Crippen LogP contribution is 2.31. The SMILES string of the molecule is Cc1nc(-c2ccc(Oc3ccnc4cc(Cl)ccc34)cc2)no1. The molecule has 2 aromatic heterocycles. The van der Waals surface area contributed by atoms with Crippen molar-refractivity contribution in [3.63, 3.8) is 0 Å². The van der Waals surface area contributed by atoms with E-state index in [4.69, 9.17) is 20.9 Å². The molecule has 0 saturated carbocycles. The summed E-state index contributed by atoms with van der Waals surface area (Å²) in [5, 5.41) is 5.45. The number of rotatable bonds is 3. The quantitative estimate of drug-likeness (QED) is 0.524. The number of fused-ring (bicyclic) bond motifs is 1. The van der Waals surface area contributed by atoms with Crippen molar-refractivity contribution in [2.75, 3.05) is 0 Å². The molecular formula is C18H12ClN3O2. The van der Waals surface area contributed by atoms with Crippen LogP contribution in [-0.2, 0) is 0 Å². The highest BCUT2D eigenvalue weighted by atomic mass is 35.5. The van der Waals surface area contributed by atoms with Crippen LogP contribution < -0.4 is 4.74 Å². The van der Waals surface area contributed by atoms with Gasteiger partial charge in [-0.15, -0.1) is 0 Å². The summed E-state index contributed by atoms with van der Waals surface area (Å²) in [5.74, 6) is 2.52. The van der Waals surface area contributed by atoms with Gasteiger partial charge in [0, 0.05) is 29.1 Å². The number of nitrogens with zero attached hydrogens (tertiary/aromatic N) is 3. The lowest BCUT2D eigenvalue weighted by atomic mass is 10.2. The number of pyridine rings is 1. The molecule has 0 N–H and O–H groups in total. The van der Waals surface area contributed by atoms with E-state index in [0.717, 1.165) is 22.2 Å². The molecule has 2 aromatic carbocycles. The molecule has 0 spiro atoms. The molecule has 5 nitrogen and oxygen atoms in total. The summed E-state index contributed by atoms with van der Waals surface area (Å²) in [5.41, 5.74) is 1.66. The molecule has 24 heavy (non-hydrogen) atoms. The van der Waals surface area contributed by atoms with Gasteiger partial charge < -0.3 is 9.26 Å². The predicted molar refractivity (Wildman–Crippen MR) is 91.3 cm³/mol. The third-order valence-corrected chi connectivity index (χ3v) is 3.77. The molecule has 0 radical (unpaired) electrons. The summed E-state index contributed by atoms with van der Waals surface area (Å²) in [6.07, 6.45) is 1.70. The summed E-state index contributed by atoms with van der Waals surface area (Å²) in [7, 11) is 0. The van der Waals surface area contributed by atoms with E-state index >= 15 is 0 Å². The van der Waals surface area contributed by atoms with Gasteiger partial charge in [0.15, 0.2) is 0 Å². The first-order valence-corrected chi connectivity index (χ1v) is 7.70. The lowest BCUT2D eigenvalue weighted by Gasteiger charge is -2.09. The summed E-state index contributed by atoms with van der Waals surface area (Å²) in [6.45, 7) is 1.76. The van der Waals surface area contributed by atoms with Crippen molar-refractivity contribution in [3.8, 4) is 22.9 Å². The molecule has 0 saturated heterocycles. The van der Waals surface area contributed by atoms with Crippen LogP contribution in [0.1, 0.15) is 5.89 Å². The second-order valence-electron chi connectivity index (χ2n) is 5.23. The zero-order valence-corrected chi connectivity index (χ0v) is 13.5. The van der Waals surface area contributed by atoms with E-state index in [0.29, 0.717) is 22.5 Å². The number of aryl methyl sites for hydroxylation is 1. The zero-order chi connectivity index (χ0) is 16.5. The maximum absolute atomic E-state index is 6.01. The summed E-state index contributed by atoms with van der Waals surface area (Å²) in [4.78, 5) is 8.51. The average Bonchev–Trinajstić information content (AvgIpc) is 3.02. The Morgan fingerprint density at radius 1 is 1.04 bits per heavy atom. The fourth-order valence-corrected chi connectivity index (χ4v) is 2.57. The Morgan fingerprint density at radius 2 is 1.88 bits per heavy atom. The van der Waals surface area contributed by atoms with E-state index in [1.54, 1.807) is 13.1 Å². The Morgan fingerprint density at radius 3 is 2.62 bits per heavy atom. The Bertz CT molecular complexity index is 1010. The second kappa shape index (κ2) is 5.94. The predicted octanol–water partition coefficient (Wildman–Crippen LogP) is 5.04. The van der Waals surface area contributed by atoms with Crippen LogP contribution in [0.15, 0.2) is 59.3 Å². The van der Waals surface area contributed by atoms with Crippen molar-refractivity contribution in [2.24, 2.45) is 0 Å². The minimum absolute atomic E-state index is 0.534. The third kappa shape index (κ3) is 2.81. The lowest BCUT2D eigenvalue weighted by Crippen LogP contribution is -1.88. The molecule has 4 aromatic rings. The Kier molecular flexibility index (Phi) is 3.63. The fourth-order valence-electron chi connectivity index (χ4n) is 2.40. The number of hydrogen-bond donors (Lipinski definition) is 0. The number of hydrogen-bond acceptors (Lipinski definition) is 5. The topological polar surface area (TPSA) is 61.0 Å². The molecule has 6 heteroatoms. The van der Waals surface area contributed by atoms with E-state index in [9.17, 15) is 0 Å². The molecule has 0 aliphatic carbocycles. The van der Waals surface area contributed by atoms with Crippen molar-refractivity contribution < 1.29 is 9.26 Å². The van der Waals surface area contributed by atoms with Gasteiger partial charge in [-0.05, 0) is 48.5 Å². The summed E-state index contributed by atoms with van der Waals surface area (Å²) >= 11 is 6.01. The first-order chi connectivity index (χ1) is 11.7. The van der Waals surface area contributed by atoms with Crippen molar-refractivity contribution in [2.45, 2.75) is 6.92 Å². The number of aromatic nitrogens is 3. The zero-order valence-electron chi connectivity index (χ0n) is 12.7. The van der Waals surface area contributed by atoms with Crippen molar-refractivity contribution in [1.29, 1.82) is 0 Å². The molecule has 0 aliphatic rings. The van der Waals surface area contributed by atoms with Crippen molar-refractivity contribution in [3.05, 3.63) is 65.6 Å². The minimum Gasteiger partial charge on any atom is -0.457 e. The maximum atomic E-state index is 6.01. The van der Waals surface area contributed by atoms with Crippen molar-refractivity contribution in [1.82, 2.24) is 15.1 Å². The molecule has 0 amide bonds. The minimum atomic E-state index is 0.534. The van der Waals surface area contributed by atoms with Crippen LogP contribution in [0.4, 0.5) is 0 Å². The van der Waals surface area contributed by atoms with Crippen LogP contribution in [0.25, 0.3) is 22.3 Å². The summed E-state index contributed by atoms with van der Waals surface area (Å²) < 4.78 is 11.0. The van der Waals surface area contributed by atoms with Gasteiger partial charge in [0.1, 0.15) is 11.5 Å². The van der Waals surface area contributed by atoms with Gasteiger partial charge in [0.25, 0.3) is 0 Å². The molecule has 0 unspecified atom stereocenters. The number of halogens is 1. The molecule has 4 rings (SSSR count). The van der Waals surface area contributed by atoms with Crippen LogP contribution in [0.5, 0.6) is 11.5 Å². The van der Waals surface area contributed by atoms with E-state index in [-0.39, 0.29) is 0 Å². The normalized spacial score (nSPS) is 10.9. The smallest absolute Gasteiger partial charge is 0.223 e. The standard InChI is InChI=1S/C18H12ClN3O2/c1-11-21-18(22-24-11)12-2-5-14(6-3-12)23-17-8-9-20-16-10-13(19)4-7-15(16)17/h2-10H,1H3. The van der Waals surface area contributed by atoms with Crippen molar-refractivity contribution >= 4 is 22.5 Å².